The van der Waals surface area contributed by atoms with Crippen LogP contribution in [0.25, 0.3) is 0 Å². The Hall–Kier alpha value is -1.38. The van der Waals surface area contributed by atoms with Crippen molar-refractivity contribution in [2.45, 2.75) is 65.0 Å². The fourth-order valence-electron chi connectivity index (χ4n) is 3.03. The van der Waals surface area contributed by atoms with E-state index in [1.54, 1.807) is 0 Å². The number of nitrogens with two attached hydrogens (primary N) is 1. The average molecular weight is 329 g/mol. The number of hydrogen-bond donors (Lipinski definition) is 2. The lowest BCUT2D eigenvalue weighted by Crippen LogP contribution is -2.29. The fourth-order valence-corrected chi connectivity index (χ4v) is 3.03. The molecule has 0 aromatic carbocycles. The molecule has 0 aromatic heterocycles. The average Bonchev–Trinajstić information content (AvgIpc) is 2.96. The Labute approximate surface area is 149 Å². The Morgan fingerprint density at radius 2 is 2.12 bits per heavy atom. The van der Waals surface area contributed by atoms with Gasteiger partial charge in [-0.2, -0.15) is 0 Å². The summed E-state index contributed by atoms with van der Waals surface area (Å²) >= 11 is 0. The van der Waals surface area contributed by atoms with Crippen LogP contribution in [0, 0.1) is 5.92 Å². The van der Waals surface area contributed by atoms with Crippen molar-refractivity contribution in [1.82, 2.24) is 5.32 Å². The third kappa shape index (κ3) is 9.05. The van der Waals surface area contributed by atoms with E-state index in [4.69, 9.17) is 5.73 Å². The summed E-state index contributed by atoms with van der Waals surface area (Å²) in [5, 5.41) is 3.45. The van der Waals surface area contributed by atoms with Gasteiger partial charge in [0, 0.05) is 12.1 Å². The Bertz CT molecular complexity index is 482. The number of nitrogens with one attached hydrogen (secondary N) is 1. The van der Waals surface area contributed by atoms with E-state index < -0.39 is 0 Å². The molecule has 134 valence electrons. The molecule has 0 heterocycles. The van der Waals surface area contributed by atoms with Gasteiger partial charge in [0.2, 0.25) is 0 Å². The van der Waals surface area contributed by atoms with Gasteiger partial charge < -0.3 is 11.1 Å². The van der Waals surface area contributed by atoms with E-state index in [9.17, 15) is 0 Å². The molecule has 0 saturated carbocycles. The number of allylic oxidation sites excluding steroid dienone is 9. The van der Waals surface area contributed by atoms with Crippen LogP contribution < -0.4 is 11.1 Å². The Balaban J connectivity index is 2.48. The maximum Gasteiger partial charge on any atom is 0.00424 e. The van der Waals surface area contributed by atoms with Gasteiger partial charge in [-0.25, -0.2) is 0 Å². The summed E-state index contributed by atoms with van der Waals surface area (Å²) in [6.45, 7) is 11.4. The van der Waals surface area contributed by atoms with Crippen molar-refractivity contribution in [3.8, 4) is 0 Å². The summed E-state index contributed by atoms with van der Waals surface area (Å²) < 4.78 is 0. The molecule has 1 aliphatic rings. The van der Waals surface area contributed by atoms with E-state index in [1.165, 1.54) is 11.1 Å². The van der Waals surface area contributed by atoms with Crippen LogP contribution in [0.3, 0.4) is 0 Å². The van der Waals surface area contributed by atoms with E-state index >= 15 is 0 Å². The van der Waals surface area contributed by atoms with Crippen LogP contribution >= 0.6 is 0 Å². The number of rotatable bonds is 12. The first kappa shape index (κ1) is 20.7. The first-order valence-corrected chi connectivity index (χ1v) is 9.40. The van der Waals surface area contributed by atoms with Crippen LogP contribution in [-0.4, -0.2) is 18.6 Å². The lowest BCUT2D eigenvalue weighted by Gasteiger charge is -2.17. The second-order valence-corrected chi connectivity index (χ2v) is 6.92. The molecule has 0 aromatic rings. The molecule has 1 aliphatic carbocycles. The molecule has 0 saturated heterocycles. The molecule has 24 heavy (non-hydrogen) atoms. The quantitative estimate of drug-likeness (QED) is 0.491. The molecule has 0 bridgehead atoms. The Morgan fingerprint density at radius 1 is 1.33 bits per heavy atom. The minimum atomic E-state index is 0.282. The molecule has 3 atom stereocenters. The Kier molecular flexibility index (Phi) is 10.4. The van der Waals surface area contributed by atoms with E-state index in [1.807, 2.05) is 12.2 Å². The molecule has 2 heteroatoms. The molecule has 1 rings (SSSR count). The van der Waals surface area contributed by atoms with Crippen molar-refractivity contribution in [2.24, 2.45) is 11.7 Å². The smallest absolute Gasteiger partial charge is 0.00424 e. The van der Waals surface area contributed by atoms with E-state index in [0.29, 0.717) is 12.0 Å². The third-order valence-corrected chi connectivity index (χ3v) is 4.46. The fraction of sp³-hybridized carbons (Fsp3) is 0.545. The SMILES string of the molecule is C=C/C=C\C=C(/CCC(N)CCC(C)NCC)CC1=CC(C)C=C1. The zero-order valence-electron chi connectivity index (χ0n) is 15.8. The topological polar surface area (TPSA) is 38.0 Å². The molecule has 0 aliphatic heterocycles. The van der Waals surface area contributed by atoms with E-state index in [0.717, 1.165) is 38.6 Å². The molecule has 0 radical (unpaired) electrons. The van der Waals surface area contributed by atoms with Crippen LogP contribution in [0.5, 0.6) is 0 Å². The first-order chi connectivity index (χ1) is 11.5. The summed E-state index contributed by atoms with van der Waals surface area (Å²) in [6.07, 6.45) is 20.4. The molecule has 0 amide bonds. The number of hydrogen-bond acceptors (Lipinski definition) is 2. The molecular formula is C22H36N2. The summed E-state index contributed by atoms with van der Waals surface area (Å²) in [4.78, 5) is 0. The normalized spacial score (nSPS) is 20.4. The van der Waals surface area contributed by atoms with Gasteiger partial charge in [0.1, 0.15) is 0 Å². The van der Waals surface area contributed by atoms with Crippen LogP contribution in [0.15, 0.2) is 60.3 Å². The van der Waals surface area contributed by atoms with Crippen molar-refractivity contribution in [1.29, 1.82) is 0 Å². The zero-order valence-corrected chi connectivity index (χ0v) is 15.8. The molecular weight excluding hydrogens is 292 g/mol. The third-order valence-electron chi connectivity index (χ3n) is 4.46. The predicted octanol–water partition coefficient (Wildman–Crippen LogP) is 5.06. The predicted molar refractivity (Wildman–Crippen MR) is 108 cm³/mol. The highest BCUT2D eigenvalue weighted by Crippen LogP contribution is 2.24. The van der Waals surface area contributed by atoms with Crippen molar-refractivity contribution in [3.05, 3.63) is 60.3 Å². The minimum absolute atomic E-state index is 0.282. The maximum absolute atomic E-state index is 6.33. The standard InChI is InChI=1S/C22H36N2/c1-5-7-8-9-20(17-21-12-10-18(3)16-21)13-15-22(23)14-11-19(4)24-6-2/h5,7-10,12,16,18-19,22,24H,1,6,11,13-15,17,23H2,2-4H3/b8-7-,20-9+. The highest BCUT2D eigenvalue weighted by molar-refractivity contribution is 5.33. The van der Waals surface area contributed by atoms with Gasteiger partial charge in [0.05, 0.1) is 0 Å². The first-order valence-electron chi connectivity index (χ1n) is 9.40. The molecule has 2 nitrogen and oxygen atoms in total. The highest BCUT2D eigenvalue weighted by Gasteiger charge is 2.10. The van der Waals surface area contributed by atoms with Gasteiger partial charge in [-0.3, -0.25) is 0 Å². The van der Waals surface area contributed by atoms with Gasteiger partial charge in [-0.15, -0.1) is 0 Å². The van der Waals surface area contributed by atoms with E-state index in [-0.39, 0.29) is 6.04 Å². The minimum Gasteiger partial charge on any atom is -0.328 e. The largest absolute Gasteiger partial charge is 0.328 e. The summed E-state index contributed by atoms with van der Waals surface area (Å²) in [5.74, 6) is 0.569. The summed E-state index contributed by atoms with van der Waals surface area (Å²) in [5.41, 5.74) is 9.21. The van der Waals surface area contributed by atoms with Crippen molar-refractivity contribution < 1.29 is 0 Å². The van der Waals surface area contributed by atoms with Crippen LogP contribution in [0.4, 0.5) is 0 Å². The van der Waals surface area contributed by atoms with Crippen molar-refractivity contribution in [2.75, 3.05) is 6.54 Å². The maximum atomic E-state index is 6.33. The van der Waals surface area contributed by atoms with Gasteiger partial charge in [-0.05, 0) is 57.1 Å². The van der Waals surface area contributed by atoms with Gasteiger partial charge in [0.15, 0.2) is 0 Å². The van der Waals surface area contributed by atoms with E-state index in [2.05, 4.69) is 63.0 Å². The van der Waals surface area contributed by atoms with Crippen LogP contribution in [0.2, 0.25) is 0 Å². The lowest BCUT2D eigenvalue weighted by molar-refractivity contribution is 0.462. The lowest BCUT2D eigenvalue weighted by atomic mass is 9.96. The molecule has 3 N–H and O–H groups in total. The van der Waals surface area contributed by atoms with Crippen molar-refractivity contribution >= 4 is 0 Å². The highest BCUT2D eigenvalue weighted by atomic mass is 14.9. The van der Waals surface area contributed by atoms with Crippen molar-refractivity contribution in [3.63, 3.8) is 0 Å². The van der Waals surface area contributed by atoms with Gasteiger partial charge in [-0.1, -0.05) is 68.5 Å². The molecule has 3 unspecified atom stereocenters. The van der Waals surface area contributed by atoms with Crippen LogP contribution in [-0.2, 0) is 0 Å². The Morgan fingerprint density at radius 3 is 2.75 bits per heavy atom. The molecule has 0 spiro atoms. The monoisotopic (exact) mass is 328 g/mol. The van der Waals surface area contributed by atoms with Crippen LogP contribution in [0.1, 0.15) is 52.9 Å². The van der Waals surface area contributed by atoms with Gasteiger partial charge in [0.25, 0.3) is 0 Å². The summed E-state index contributed by atoms with van der Waals surface area (Å²) in [7, 11) is 0. The second kappa shape index (κ2) is 12.0. The van der Waals surface area contributed by atoms with Gasteiger partial charge >= 0.3 is 0 Å². The summed E-state index contributed by atoms with van der Waals surface area (Å²) in [6, 6.07) is 0.840. The zero-order chi connectivity index (χ0) is 17.8. The molecule has 0 fully saturated rings. The second-order valence-electron chi connectivity index (χ2n) is 6.92.